The van der Waals surface area contributed by atoms with E-state index in [2.05, 4.69) is 54.5 Å². The lowest BCUT2D eigenvalue weighted by molar-refractivity contribution is 0.295. The van der Waals surface area contributed by atoms with Crippen LogP contribution in [0.25, 0.3) is 0 Å². The molecule has 24 heavy (non-hydrogen) atoms. The second kappa shape index (κ2) is 11.4. The lowest BCUT2D eigenvalue weighted by Crippen LogP contribution is -2.44. The van der Waals surface area contributed by atoms with Crippen molar-refractivity contribution < 1.29 is 9.47 Å². The normalized spacial score (nSPS) is 12.6. The molecular weight excluding hydrogens is 419 g/mol. The Morgan fingerprint density at radius 3 is 2.25 bits per heavy atom. The van der Waals surface area contributed by atoms with Crippen LogP contribution in [0.15, 0.2) is 23.2 Å². The van der Waals surface area contributed by atoms with E-state index >= 15 is 0 Å². The van der Waals surface area contributed by atoms with E-state index in [1.807, 2.05) is 12.1 Å². The van der Waals surface area contributed by atoms with E-state index in [0.29, 0.717) is 6.04 Å². The van der Waals surface area contributed by atoms with Crippen LogP contribution in [0.2, 0.25) is 0 Å². The van der Waals surface area contributed by atoms with Crippen LogP contribution in [0.1, 0.15) is 25.5 Å². The Kier molecular flexibility index (Phi) is 10.8. The number of benzene rings is 1. The maximum absolute atomic E-state index is 5.41. The van der Waals surface area contributed by atoms with E-state index in [4.69, 9.17) is 9.47 Å². The topological polar surface area (TPSA) is 58.1 Å². The average molecular weight is 450 g/mol. The number of guanidine groups is 1. The first kappa shape index (κ1) is 22.8. The minimum Gasteiger partial charge on any atom is -0.493 e. The highest BCUT2D eigenvalue weighted by atomic mass is 127. The van der Waals surface area contributed by atoms with E-state index < -0.39 is 0 Å². The molecule has 0 aliphatic rings. The average Bonchev–Trinajstić information content (AvgIpc) is 2.52. The highest BCUT2D eigenvalue weighted by Gasteiger charge is 2.17. The molecule has 0 saturated heterocycles. The van der Waals surface area contributed by atoms with Crippen LogP contribution < -0.4 is 20.1 Å². The molecule has 1 aromatic rings. The van der Waals surface area contributed by atoms with Crippen LogP contribution in [0.5, 0.6) is 11.5 Å². The Morgan fingerprint density at radius 2 is 1.79 bits per heavy atom. The fourth-order valence-corrected chi connectivity index (χ4v) is 2.32. The Labute approximate surface area is 163 Å². The zero-order valence-corrected chi connectivity index (χ0v) is 18.0. The first-order valence-corrected chi connectivity index (χ1v) is 7.78. The molecule has 0 fully saturated rings. The lowest BCUT2D eigenvalue weighted by atomic mass is 10.1. The third kappa shape index (κ3) is 6.72. The third-order valence-electron chi connectivity index (χ3n) is 3.53. The number of halogens is 1. The molecule has 7 heteroatoms. The SMILES string of the molecule is CN=C(NCC(c1ccc(OC)c(OC)c1)N(C)C)NC(C)C.I. The highest BCUT2D eigenvalue weighted by molar-refractivity contribution is 14.0. The van der Waals surface area contributed by atoms with Gasteiger partial charge in [-0.25, -0.2) is 0 Å². The number of nitrogens with one attached hydrogen (secondary N) is 2. The summed E-state index contributed by atoms with van der Waals surface area (Å²) in [6.07, 6.45) is 0. The van der Waals surface area contributed by atoms with Crippen molar-refractivity contribution in [3.8, 4) is 11.5 Å². The molecule has 1 rings (SSSR count). The number of methoxy groups -OCH3 is 2. The van der Waals surface area contributed by atoms with Gasteiger partial charge in [-0.05, 0) is 45.6 Å². The molecule has 1 unspecified atom stereocenters. The van der Waals surface area contributed by atoms with E-state index in [1.165, 1.54) is 0 Å². The number of likely N-dealkylation sites (N-methyl/N-ethyl adjacent to an activating group) is 1. The molecule has 0 aromatic heterocycles. The van der Waals surface area contributed by atoms with Gasteiger partial charge in [0.2, 0.25) is 0 Å². The van der Waals surface area contributed by atoms with Gasteiger partial charge in [0, 0.05) is 19.6 Å². The molecule has 0 saturated carbocycles. The number of hydrogen-bond acceptors (Lipinski definition) is 4. The van der Waals surface area contributed by atoms with Crippen LogP contribution in [0.4, 0.5) is 0 Å². The molecule has 0 amide bonds. The molecular formula is C17H31IN4O2. The van der Waals surface area contributed by atoms with Crippen molar-refractivity contribution in [1.29, 1.82) is 0 Å². The van der Waals surface area contributed by atoms with Crippen molar-refractivity contribution in [2.75, 3.05) is 41.9 Å². The summed E-state index contributed by atoms with van der Waals surface area (Å²) in [5.41, 5.74) is 1.15. The second-order valence-corrected chi connectivity index (χ2v) is 5.85. The largest absolute Gasteiger partial charge is 0.493 e. The van der Waals surface area contributed by atoms with Crippen molar-refractivity contribution in [3.63, 3.8) is 0 Å². The summed E-state index contributed by atoms with van der Waals surface area (Å²) in [6, 6.07) is 6.53. The first-order valence-electron chi connectivity index (χ1n) is 7.78. The van der Waals surface area contributed by atoms with E-state index in [-0.39, 0.29) is 30.0 Å². The Morgan fingerprint density at radius 1 is 1.17 bits per heavy atom. The van der Waals surface area contributed by atoms with E-state index in [0.717, 1.165) is 29.6 Å². The van der Waals surface area contributed by atoms with Gasteiger partial charge in [0.25, 0.3) is 0 Å². The second-order valence-electron chi connectivity index (χ2n) is 5.85. The van der Waals surface area contributed by atoms with Crippen molar-refractivity contribution in [3.05, 3.63) is 23.8 Å². The van der Waals surface area contributed by atoms with Gasteiger partial charge in [-0.15, -0.1) is 24.0 Å². The summed E-state index contributed by atoms with van der Waals surface area (Å²) in [4.78, 5) is 6.41. The predicted octanol–water partition coefficient (Wildman–Crippen LogP) is 2.50. The number of ether oxygens (including phenoxy) is 2. The highest BCUT2D eigenvalue weighted by Crippen LogP contribution is 2.31. The van der Waals surface area contributed by atoms with Gasteiger partial charge in [-0.3, -0.25) is 4.99 Å². The molecule has 0 aliphatic heterocycles. The summed E-state index contributed by atoms with van der Waals surface area (Å²) in [5.74, 6) is 2.27. The minimum absolute atomic E-state index is 0. The fraction of sp³-hybridized carbons (Fsp3) is 0.588. The number of rotatable bonds is 7. The quantitative estimate of drug-likeness (QED) is 0.380. The number of hydrogen-bond donors (Lipinski definition) is 2. The van der Waals surface area contributed by atoms with Crippen LogP contribution in [-0.4, -0.2) is 58.8 Å². The molecule has 6 nitrogen and oxygen atoms in total. The summed E-state index contributed by atoms with van der Waals surface area (Å²) in [5, 5.41) is 6.66. The molecule has 1 atom stereocenters. The predicted molar refractivity (Wildman–Crippen MR) is 111 cm³/mol. The van der Waals surface area contributed by atoms with Gasteiger partial charge in [0.05, 0.1) is 20.3 Å². The van der Waals surface area contributed by atoms with Gasteiger partial charge >= 0.3 is 0 Å². The Bertz CT molecular complexity index is 521. The first-order chi connectivity index (χ1) is 10.9. The molecule has 2 N–H and O–H groups in total. The van der Waals surface area contributed by atoms with Crippen LogP contribution in [0.3, 0.4) is 0 Å². The van der Waals surface area contributed by atoms with Crippen molar-refractivity contribution in [2.45, 2.75) is 25.9 Å². The Hall–Kier alpha value is -1.22. The van der Waals surface area contributed by atoms with Crippen molar-refractivity contribution in [2.24, 2.45) is 4.99 Å². The molecule has 0 spiro atoms. The number of aliphatic imine (C=N–C) groups is 1. The zero-order valence-electron chi connectivity index (χ0n) is 15.7. The van der Waals surface area contributed by atoms with Crippen LogP contribution in [0, 0.1) is 0 Å². The maximum Gasteiger partial charge on any atom is 0.191 e. The van der Waals surface area contributed by atoms with Crippen molar-refractivity contribution in [1.82, 2.24) is 15.5 Å². The third-order valence-corrected chi connectivity index (χ3v) is 3.53. The van der Waals surface area contributed by atoms with E-state index in [9.17, 15) is 0 Å². The fourth-order valence-electron chi connectivity index (χ4n) is 2.32. The minimum atomic E-state index is 0. The van der Waals surface area contributed by atoms with Crippen LogP contribution in [-0.2, 0) is 0 Å². The summed E-state index contributed by atoms with van der Waals surface area (Å²) >= 11 is 0. The smallest absolute Gasteiger partial charge is 0.191 e. The van der Waals surface area contributed by atoms with Crippen LogP contribution >= 0.6 is 24.0 Å². The lowest BCUT2D eigenvalue weighted by Gasteiger charge is -2.27. The van der Waals surface area contributed by atoms with Gasteiger partial charge in [0.15, 0.2) is 17.5 Å². The summed E-state index contributed by atoms with van der Waals surface area (Å²) < 4.78 is 10.7. The van der Waals surface area contributed by atoms with Gasteiger partial charge in [0.1, 0.15) is 0 Å². The molecule has 138 valence electrons. The standard InChI is InChI=1S/C17H30N4O2.HI/c1-12(2)20-17(18-3)19-11-14(21(4)5)13-8-9-15(22-6)16(10-13)23-7;/h8-10,12,14H,11H2,1-7H3,(H2,18,19,20);1H. The monoisotopic (exact) mass is 450 g/mol. The molecule has 0 heterocycles. The molecule has 0 aliphatic carbocycles. The summed E-state index contributed by atoms with van der Waals surface area (Å²) in [6.45, 7) is 4.91. The summed E-state index contributed by atoms with van der Waals surface area (Å²) in [7, 11) is 9.19. The van der Waals surface area contributed by atoms with Gasteiger partial charge < -0.3 is 25.0 Å². The van der Waals surface area contributed by atoms with Gasteiger partial charge in [-0.2, -0.15) is 0 Å². The van der Waals surface area contributed by atoms with Gasteiger partial charge in [-0.1, -0.05) is 6.07 Å². The zero-order chi connectivity index (χ0) is 17.4. The molecule has 0 bridgehead atoms. The molecule has 1 aromatic carbocycles. The van der Waals surface area contributed by atoms with Crippen molar-refractivity contribution >= 4 is 29.9 Å². The molecule has 0 radical (unpaired) electrons. The van der Waals surface area contributed by atoms with E-state index in [1.54, 1.807) is 21.3 Å². The maximum atomic E-state index is 5.41. The Balaban J connectivity index is 0.00000529. The number of nitrogens with zero attached hydrogens (tertiary/aromatic N) is 2.